The zero-order chi connectivity index (χ0) is 30.7. The molecule has 2 aliphatic heterocycles. The van der Waals surface area contributed by atoms with Crippen LogP contribution in [0.15, 0.2) is 16.9 Å². The molecule has 2 amide bonds. The number of aromatic nitrogens is 2. The molecular weight excluding hydrogens is 549 g/mol. The SMILES string of the molecule is CC.Cc1c(F)cc2nc3c(c4c2c1CCC4)Cn1c-3cc2c(c1=O)COC(=O)C2O.NCC(=O)NCOCC(N)=O. The number of pyridine rings is 2. The van der Waals surface area contributed by atoms with E-state index in [1.807, 2.05) is 13.8 Å². The van der Waals surface area contributed by atoms with Crippen molar-refractivity contribution in [1.82, 2.24) is 14.9 Å². The van der Waals surface area contributed by atoms with Gasteiger partial charge in [0.2, 0.25) is 11.8 Å². The lowest BCUT2D eigenvalue weighted by Crippen LogP contribution is -2.33. The molecule has 0 radical (unpaired) electrons. The van der Waals surface area contributed by atoms with Crippen LogP contribution < -0.4 is 22.3 Å². The number of carbonyl (C=O) groups excluding carboxylic acids is 3. The standard InChI is InChI=1S/C22H17FN2O4.C5H11N3O3.C2H6/c1-9-10-3-2-4-11-13-7-25-17(19(13)24-16(18(10)11)6-15(9)23)5-12-14(21(25)27)8-29-22(28)20(12)26;6-1-5(10)8-3-11-2-4(7)9;1-2/h5-6,20,26H,2-4,7-8H2,1H3;1-3,6H2,(H2,7,9)(H,8,10);1-2H3. The topological polar surface area (TPSA) is 189 Å². The first kappa shape index (κ1) is 30.8. The lowest BCUT2D eigenvalue weighted by atomic mass is 9.85. The highest BCUT2D eigenvalue weighted by molar-refractivity contribution is 5.92. The molecule has 224 valence electrons. The molecule has 12 nitrogen and oxygen atoms in total. The first-order chi connectivity index (χ1) is 20.1. The summed E-state index contributed by atoms with van der Waals surface area (Å²) in [6.07, 6.45) is 1.12. The van der Waals surface area contributed by atoms with Crippen molar-refractivity contribution in [3.63, 3.8) is 0 Å². The number of primary amides is 1. The Hall–Kier alpha value is -4.20. The van der Waals surface area contributed by atoms with Crippen LogP contribution in [0.4, 0.5) is 4.39 Å². The van der Waals surface area contributed by atoms with E-state index in [1.54, 1.807) is 17.6 Å². The number of benzene rings is 1. The Labute approximate surface area is 240 Å². The summed E-state index contributed by atoms with van der Waals surface area (Å²) in [5.74, 6) is -1.95. The number of hydrogen-bond donors (Lipinski definition) is 4. The highest BCUT2D eigenvalue weighted by Crippen LogP contribution is 2.41. The van der Waals surface area contributed by atoms with E-state index in [1.165, 1.54) is 6.07 Å². The third-order valence-electron chi connectivity index (χ3n) is 7.34. The number of amides is 2. The van der Waals surface area contributed by atoms with Crippen LogP contribution in [0.25, 0.3) is 22.3 Å². The molecule has 4 heterocycles. The van der Waals surface area contributed by atoms with Gasteiger partial charge in [0, 0.05) is 22.6 Å². The quantitative estimate of drug-likeness (QED) is 0.151. The zero-order valence-electron chi connectivity index (χ0n) is 23.7. The maximum atomic E-state index is 14.5. The van der Waals surface area contributed by atoms with Gasteiger partial charge in [-0.05, 0) is 48.9 Å². The molecule has 1 unspecified atom stereocenters. The van der Waals surface area contributed by atoms with Gasteiger partial charge in [0.05, 0.1) is 35.6 Å². The molecule has 1 aliphatic carbocycles. The van der Waals surface area contributed by atoms with Gasteiger partial charge in [-0.25, -0.2) is 14.2 Å². The van der Waals surface area contributed by atoms with Crippen LogP contribution in [0.3, 0.4) is 0 Å². The van der Waals surface area contributed by atoms with Crippen LogP contribution in [0.5, 0.6) is 0 Å². The Morgan fingerprint density at radius 3 is 2.60 bits per heavy atom. The third-order valence-corrected chi connectivity index (χ3v) is 7.34. The van der Waals surface area contributed by atoms with Gasteiger partial charge in [-0.15, -0.1) is 0 Å². The van der Waals surface area contributed by atoms with Crippen LogP contribution in [0.1, 0.15) is 59.8 Å². The average Bonchev–Trinajstić information content (AvgIpc) is 3.36. The number of esters is 1. The van der Waals surface area contributed by atoms with E-state index in [2.05, 4.69) is 10.1 Å². The average molecular weight is 584 g/mol. The number of cyclic esters (lactones) is 1. The normalized spacial score (nSPS) is 15.7. The third kappa shape index (κ3) is 5.62. The lowest BCUT2D eigenvalue weighted by Gasteiger charge is -2.22. The molecule has 0 saturated carbocycles. The maximum absolute atomic E-state index is 14.5. The van der Waals surface area contributed by atoms with Crippen molar-refractivity contribution >= 4 is 28.7 Å². The number of aliphatic hydroxyl groups excluding tert-OH is 1. The van der Waals surface area contributed by atoms with E-state index in [0.717, 1.165) is 41.3 Å². The summed E-state index contributed by atoms with van der Waals surface area (Å²) in [7, 11) is 0. The van der Waals surface area contributed by atoms with Gasteiger partial charge in [0.15, 0.2) is 6.10 Å². The smallest absolute Gasteiger partial charge is 0.340 e. The van der Waals surface area contributed by atoms with E-state index >= 15 is 0 Å². The fraction of sp³-hybridized carbons (Fsp3) is 0.414. The van der Waals surface area contributed by atoms with Crippen molar-refractivity contribution in [3.8, 4) is 11.4 Å². The van der Waals surface area contributed by atoms with Crippen LogP contribution >= 0.6 is 0 Å². The number of aryl methyl sites for hydroxylation is 2. The Morgan fingerprint density at radius 2 is 1.90 bits per heavy atom. The summed E-state index contributed by atoms with van der Waals surface area (Å²) in [5, 5.41) is 13.5. The largest absolute Gasteiger partial charge is 0.458 e. The summed E-state index contributed by atoms with van der Waals surface area (Å²) in [6.45, 7) is 5.70. The van der Waals surface area contributed by atoms with Crippen molar-refractivity contribution in [1.29, 1.82) is 0 Å². The van der Waals surface area contributed by atoms with Crippen molar-refractivity contribution in [2.45, 2.75) is 59.3 Å². The predicted octanol–water partition coefficient (Wildman–Crippen LogP) is 0.999. The molecule has 42 heavy (non-hydrogen) atoms. The molecule has 3 aliphatic rings. The Balaban J connectivity index is 0.000000267. The van der Waals surface area contributed by atoms with Crippen molar-refractivity contribution < 1.29 is 33.4 Å². The second-order valence-corrected chi connectivity index (χ2v) is 9.76. The van der Waals surface area contributed by atoms with Gasteiger partial charge in [-0.3, -0.25) is 14.4 Å². The van der Waals surface area contributed by atoms with Crippen molar-refractivity contribution in [2.75, 3.05) is 19.9 Å². The Morgan fingerprint density at radius 1 is 1.19 bits per heavy atom. The van der Waals surface area contributed by atoms with E-state index in [0.29, 0.717) is 34.6 Å². The molecule has 13 heteroatoms. The minimum absolute atomic E-state index is 0.0427. The number of fused-ring (bicyclic) bond motifs is 5. The van der Waals surface area contributed by atoms with Crippen LogP contribution in [-0.2, 0) is 49.9 Å². The number of hydrogen-bond acceptors (Lipinski definition) is 9. The van der Waals surface area contributed by atoms with E-state index in [9.17, 15) is 28.7 Å². The van der Waals surface area contributed by atoms with Gasteiger partial charge >= 0.3 is 5.97 Å². The number of nitrogens with one attached hydrogen (secondary N) is 1. The molecular formula is C29H34FN5O7. The number of halogens is 1. The molecule has 1 aromatic carbocycles. The summed E-state index contributed by atoms with van der Waals surface area (Å²) >= 11 is 0. The second kappa shape index (κ2) is 12.8. The second-order valence-electron chi connectivity index (χ2n) is 9.76. The van der Waals surface area contributed by atoms with Crippen LogP contribution in [0.2, 0.25) is 0 Å². The summed E-state index contributed by atoms with van der Waals surface area (Å²) in [6, 6.07) is 3.13. The minimum Gasteiger partial charge on any atom is -0.458 e. The van der Waals surface area contributed by atoms with Crippen LogP contribution in [-0.4, -0.2) is 52.3 Å². The van der Waals surface area contributed by atoms with Crippen molar-refractivity contribution in [2.24, 2.45) is 11.5 Å². The highest BCUT2D eigenvalue weighted by atomic mass is 19.1. The molecule has 1 atom stereocenters. The van der Waals surface area contributed by atoms with Crippen molar-refractivity contribution in [3.05, 3.63) is 61.7 Å². The first-order valence-corrected chi connectivity index (χ1v) is 13.7. The fourth-order valence-corrected chi connectivity index (χ4v) is 5.42. The van der Waals surface area contributed by atoms with E-state index < -0.39 is 18.0 Å². The predicted molar refractivity (Wildman–Crippen MR) is 151 cm³/mol. The molecule has 0 spiro atoms. The number of ether oxygens (including phenoxy) is 2. The highest BCUT2D eigenvalue weighted by Gasteiger charge is 2.35. The van der Waals surface area contributed by atoms with E-state index in [-0.39, 0.29) is 49.3 Å². The monoisotopic (exact) mass is 583 g/mol. The first-order valence-electron chi connectivity index (χ1n) is 13.7. The lowest BCUT2D eigenvalue weighted by molar-refractivity contribution is -0.157. The molecule has 0 saturated heterocycles. The molecule has 0 bridgehead atoms. The van der Waals surface area contributed by atoms with Gasteiger partial charge < -0.3 is 35.9 Å². The number of carbonyl (C=O) groups is 3. The summed E-state index contributed by atoms with van der Waals surface area (Å²) < 4.78 is 25.7. The van der Waals surface area contributed by atoms with Gasteiger partial charge in [-0.1, -0.05) is 13.8 Å². The van der Waals surface area contributed by atoms with Gasteiger partial charge in [-0.2, -0.15) is 0 Å². The summed E-state index contributed by atoms with van der Waals surface area (Å²) in [5.41, 5.74) is 15.6. The van der Waals surface area contributed by atoms with Gasteiger partial charge in [0.25, 0.3) is 5.56 Å². The summed E-state index contributed by atoms with van der Waals surface area (Å²) in [4.78, 5) is 50.1. The van der Waals surface area contributed by atoms with Crippen LogP contribution in [0, 0.1) is 12.7 Å². The Kier molecular flexibility index (Phi) is 9.34. The maximum Gasteiger partial charge on any atom is 0.340 e. The fourth-order valence-electron chi connectivity index (χ4n) is 5.42. The van der Waals surface area contributed by atoms with Gasteiger partial charge in [0.1, 0.15) is 25.8 Å². The zero-order valence-corrected chi connectivity index (χ0v) is 23.7. The minimum atomic E-state index is -1.48. The number of nitrogens with two attached hydrogens (primary N) is 2. The molecule has 2 aromatic heterocycles. The number of aliphatic hydroxyl groups is 1. The molecule has 3 aromatic rings. The molecule has 6 rings (SSSR count). The number of nitrogens with zero attached hydrogens (tertiary/aromatic N) is 2. The Bertz CT molecular complexity index is 1640. The molecule has 0 fully saturated rings. The molecule has 6 N–H and O–H groups in total. The van der Waals surface area contributed by atoms with E-state index in [4.69, 9.17) is 21.2 Å². The number of rotatable bonds is 5.